The minimum Gasteiger partial charge on any atom is -0.486 e. The van der Waals surface area contributed by atoms with Crippen LogP contribution in [0.25, 0.3) is 0 Å². The first kappa shape index (κ1) is 26.5. The van der Waals surface area contributed by atoms with Crippen molar-refractivity contribution >= 4 is 35.8 Å². The number of primary amides is 1. The first-order chi connectivity index (χ1) is 14.5. The van der Waals surface area contributed by atoms with Crippen LogP contribution in [0.5, 0.6) is 11.5 Å². The molecule has 0 heterocycles. The van der Waals surface area contributed by atoms with Gasteiger partial charge in [-0.2, -0.15) is 0 Å². The minimum absolute atomic E-state index is 0. The fraction of sp³-hybridized carbons (Fsp3) is 0.364. The van der Waals surface area contributed by atoms with Gasteiger partial charge >= 0.3 is 0 Å². The average Bonchev–Trinajstić information content (AvgIpc) is 2.74. The van der Waals surface area contributed by atoms with E-state index in [0.29, 0.717) is 37.8 Å². The van der Waals surface area contributed by atoms with Crippen LogP contribution in [0.2, 0.25) is 0 Å². The molecule has 4 N–H and O–H groups in total. The standard InChI is InChI=1S/C22H29FN4O3.HI/c1-3-17(30-20-11-6-5-10-19(20)23)14-27-22(25-4-2)26-13-16-8-7-9-18(12-16)29-15-21(24)28;/h5-12,17H,3-4,13-15H2,1-2H3,(H2,24,28)(H2,25,26,27);1H. The Morgan fingerprint density at radius 1 is 1.16 bits per heavy atom. The van der Waals surface area contributed by atoms with Gasteiger partial charge in [0.15, 0.2) is 24.1 Å². The lowest BCUT2D eigenvalue weighted by atomic mass is 10.2. The Balaban J connectivity index is 0.00000480. The summed E-state index contributed by atoms with van der Waals surface area (Å²) < 4.78 is 24.9. The van der Waals surface area contributed by atoms with Crippen LogP contribution in [-0.4, -0.2) is 37.7 Å². The second-order valence-electron chi connectivity index (χ2n) is 6.56. The topological polar surface area (TPSA) is 98.0 Å². The highest BCUT2D eigenvalue weighted by Crippen LogP contribution is 2.18. The highest BCUT2D eigenvalue weighted by molar-refractivity contribution is 14.0. The van der Waals surface area contributed by atoms with Crippen molar-refractivity contribution < 1.29 is 18.7 Å². The summed E-state index contributed by atoms with van der Waals surface area (Å²) in [7, 11) is 0. The average molecular weight is 544 g/mol. The summed E-state index contributed by atoms with van der Waals surface area (Å²) in [4.78, 5) is 15.4. The molecule has 0 aromatic heterocycles. The molecule has 2 aromatic rings. The number of nitrogens with two attached hydrogens (primary N) is 1. The molecule has 1 amide bonds. The zero-order chi connectivity index (χ0) is 21.8. The van der Waals surface area contributed by atoms with Gasteiger partial charge in [-0.3, -0.25) is 4.79 Å². The number of benzene rings is 2. The van der Waals surface area contributed by atoms with Crippen LogP contribution in [-0.2, 0) is 11.3 Å². The van der Waals surface area contributed by atoms with Gasteiger partial charge in [-0.05, 0) is 43.2 Å². The predicted octanol–water partition coefficient (Wildman–Crippen LogP) is 3.22. The van der Waals surface area contributed by atoms with Crippen LogP contribution in [0.1, 0.15) is 25.8 Å². The molecule has 0 bridgehead atoms. The number of rotatable bonds is 11. The van der Waals surface area contributed by atoms with Crippen LogP contribution >= 0.6 is 24.0 Å². The number of ether oxygens (including phenoxy) is 2. The van der Waals surface area contributed by atoms with Gasteiger partial charge in [-0.1, -0.05) is 31.2 Å². The molecule has 1 unspecified atom stereocenters. The maximum absolute atomic E-state index is 13.8. The Morgan fingerprint density at radius 3 is 2.61 bits per heavy atom. The second kappa shape index (κ2) is 14.4. The lowest BCUT2D eigenvalue weighted by molar-refractivity contribution is -0.119. The molecule has 0 radical (unpaired) electrons. The van der Waals surface area contributed by atoms with E-state index in [1.54, 1.807) is 24.3 Å². The normalized spacial score (nSPS) is 11.8. The molecule has 9 heteroatoms. The quantitative estimate of drug-likeness (QED) is 0.229. The number of hydrogen-bond acceptors (Lipinski definition) is 4. The van der Waals surface area contributed by atoms with E-state index in [9.17, 15) is 9.18 Å². The molecule has 0 spiro atoms. The van der Waals surface area contributed by atoms with Gasteiger partial charge in [0, 0.05) is 6.54 Å². The smallest absolute Gasteiger partial charge is 0.255 e. The van der Waals surface area contributed by atoms with E-state index in [4.69, 9.17) is 15.2 Å². The Labute approximate surface area is 199 Å². The first-order valence-corrected chi connectivity index (χ1v) is 9.95. The number of nitrogens with zero attached hydrogens (tertiary/aromatic N) is 1. The van der Waals surface area contributed by atoms with Crippen molar-refractivity contribution in [3.05, 3.63) is 59.9 Å². The maximum atomic E-state index is 13.8. The highest BCUT2D eigenvalue weighted by Gasteiger charge is 2.12. The van der Waals surface area contributed by atoms with Gasteiger partial charge in [0.25, 0.3) is 5.91 Å². The molecule has 0 fully saturated rings. The maximum Gasteiger partial charge on any atom is 0.255 e. The fourth-order valence-electron chi connectivity index (χ4n) is 2.60. The molecule has 2 aromatic carbocycles. The van der Waals surface area contributed by atoms with E-state index in [-0.39, 0.29) is 48.3 Å². The predicted molar refractivity (Wildman–Crippen MR) is 130 cm³/mol. The number of carbonyl (C=O) groups is 1. The number of halogens is 2. The summed E-state index contributed by atoms with van der Waals surface area (Å²) in [6.45, 7) is 5.36. The van der Waals surface area contributed by atoms with E-state index in [2.05, 4.69) is 15.6 Å². The van der Waals surface area contributed by atoms with Crippen molar-refractivity contribution in [3.8, 4) is 11.5 Å². The minimum atomic E-state index is -0.528. The molecular formula is C22H30FIN4O3. The van der Waals surface area contributed by atoms with Crippen molar-refractivity contribution in [1.29, 1.82) is 0 Å². The molecule has 170 valence electrons. The Kier molecular flexibility index (Phi) is 12.3. The summed E-state index contributed by atoms with van der Waals surface area (Å²) in [5, 5.41) is 6.41. The van der Waals surface area contributed by atoms with Crippen molar-refractivity contribution in [2.24, 2.45) is 10.7 Å². The SMILES string of the molecule is CCNC(=NCc1cccc(OCC(N)=O)c1)NCC(CC)Oc1ccccc1F.I. The molecule has 0 saturated heterocycles. The van der Waals surface area contributed by atoms with Crippen LogP contribution < -0.4 is 25.8 Å². The van der Waals surface area contributed by atoms with Crippen LogP contribution in [0, 0.1) is 5.82 Å². The number of aliphatic imine (C=N–C) groups is 1. The van der Waals surface area contributed by atoms with Crippen molar-refractivity contribution in [2.75, 3.05) is 19.7 Å². The molecular weight excluding hydrogens is 514 g/mol. The summed E-state index contributed by atoms with van der Waals surface area (Å²) in [6.07, 6.45) is 0.497. The van der Waals surface area contributed by atoms with E-state index in [1.165, 1.54) is 6.07 Å². The monoisotopic (exact) mass is 544 g/mol. The number of guanidine groups is 1. The summed E-state index contributed by atoms with van der Waals surface area (Å²) in [6, 6.07) is 13.7. The second-order valence-corrected chi connectivity index (χ2v) is 6.56. The molecule has 2 rings (SSSR count). The summed E-state index contributed by atoms with van der Waals surface area (Å²) in [5.74, 6) is 0.510. The van der Waals surface area contributed by atoms with Crippen LogP contribution in [0.4, 0.5) is 4.39 Å². The molecule has 31 heavy (non-hydrogen) atoms. The van der Waals surface area contributed by atoms with Gasteiger partial charge in [-0.15, -0.1) is 24.0 Å². The fourth-order valence-corrected chi connectivity index (χ4v) is 2.60. The number of hydrogen-bond donors (Lipinski definition) is 3. The van der Waals surface area contributed by atoms with Crippen molar-refractivity contribution in [2.45, 2.75) is 32.9 Å². The summed E-state index contributed by atoms with van der Waals surface area (Å²) >= 11 is 0. The number of carbonyl (C=O) groups excluding carboxylic acids is 1. The number of nitrogens with one attached hydrogen (secondary N) is 2. The Bertz CT molecular complexity index is 851. The number of amides is 1. The molecule has 0 aliphatic rings. The van der Waals surface area contributed by atoms with Crippen LogP contribution in [0.3, 0.4) is 0 Å². The van der Waals surface area contributed by atoms with Crippen molar-refractivity contribution in [1.82, 2.24) is 10.6 Å². The van der Waals surface area contributed by atoms with Gasteiger partial charge in [0.1, 0.15) is 11.9 Å². The largest absolute Gasteiger partial charge is 0.486 e. The lowest BCUT2D eigenvalue weighted by Gasteiger charge is -2.20. The third kappa shape index (κ3) is 9.86. The zero-order valence-corrected chi connectivity index (χ0v) is 20.1. The van der Waals surface area contributed by atoms with Crippen molar-refractivity contribution in [3.63, 3.8) is 0 Å². The number of para-hydroxylation sites is 1. The first-order valence-electron chi connectivity index (χ1n) is 9.95. The highest BCUT2D eigenvalue weighted by atomic mass is 127. The van der Waals surface area contributed by atoms with E-state index in [0.717, 1.165) is 5.56 Å². The molecule has 0 aliphatic carbocycles. The molecule has 0 aliphatic heterocycles. The van der Waals surface area contributed by atoms with Gasteiger partial charge in [0.05, 0.1) is 13.1 Å². The van der Waals surface area contributed by atoms with Crippen LogP contribution in [0.15, 0.2) is 53.5 Å². The van der Waals surface area contributed by atoms with E-state index >= 15 is 0 Å². The Morgan fingerprint density at radius 2 is 1.94 bits per heavy atom. The third-order valence-corrected chi connectivity index (χ3v) is 4.13. The van der Waals surface area contributed by atoms with Gasteiger partial charge < -0.3 is 25.8 Å². The molecule has 7 nitrogen and oxygen atoms in total. The Hall–Kier alpha value is -2.56. The zero-order valence-electron chi connectivity index (χ0n) is 17.8. The third-order valence-electron chi connectivity index (χ3n) is 4.13. The van der Waals surface area contributed by atoms with Gasteiger partial charge in [-0.25, -0.2) is 9.38 Å². The molecule has 0 saturated carbocycles. The molecule has 1 atom stereocenters. The van der Waals surface area contributed by atoms with Gasteiger partial charge in [0.2, 0.25) is 0 Å². The van der Waals surface area contributed by atoms with E-state index in [1.807, 2.05) is 32.0 Å². The van der Waals surface area contributed by atoms with E-state index < -0.39 is 5.91 Å². The summed E-state index contributed by atoms with van der Waals surface area (Å²) in [5.41, 5.74) is 6.02. The lowest BCUT2D eigenvalue weighted by Crippen LogP contribution is -2.42.